The molecule has 0 saturated carbocycles. The number of hydrogen-bond acceptors (Lipinski definition) is 7. The van der Waals surface area contributed by atoms with E-state index in [9.17, 15) is 19.8 Å². The van der Waals surface area contributed by atoms with Crippen molar-refractivity contribution in [3.05, 3.63) is 46.5 Å². The number of hydrogen-bond donors (Lipinski definition) is 3. The Morgan fingerprint density at radius 1 is 1.33 bits per heavy atom. The summed E-state index contributed by atoms with van der Waals surface area (Å²) < 4.78 is 0. The van der Waals surface area contributed by atoms with Crippen LogP contribution < -0.4 is 5.32 Å². The largest absolute Gasteiger partial charge is 0.477 e. The van der Waals surface area contributed by atoms with Crippen molar-refractivity contribution in [1.82, 2.24) is 15.1 Å². The van der Waals surface area contributed by atoms with E-state index in [-0.39, 0.29) is 34.9 Å². The van der Waals surface area contributed by atoms with Crippen LogP contribution in [0.4, 0.5) is 0 Å². The molecular formula is C24H30N4O4S. The van der Waals surface area contributed by atoms with E-state index >= 15 is 0 Å². The molecule has 0 radical (unpaired) electrons. The fourth-order valence-corrected chi connectivity index (χ4v) is 7.12. The predicted octanol–water partition coefficient (Wildman–Crippen LogP) is 1.52. The Labute approximate surface area is 197 Å². The van der Waals surface area contributed by atoms with E-state index in [2.05, 4.69) is 34.5 Å². The summed E-state index contributed by atoms with van der Waals surface area (Å²) in [7, 11) is 0. The molecule has 0 aliphatic carbocycles. The molecule has 2 saturated heterocycles. The highest BCUT2D eigenvalue weighted by molar-refractivity contribution is 8.03. The molecular weight excluding hydrogens is 440 g/mol. The van der Waals surface area contributed by atoms with Crippen LogP contribution in [0.2, 0.25) is 0 Å². The quantitative estimate of drug-likeness (QED) is 0.519. The topological polar surface area (TPSA) is 105 Å². The fourth-order valence-electron chi connectivity index (χ4n) is 5.64. The molecule has 4 heterocycles. The first kappa shape index (κ1) is 22.4. The number of benzene rings is 1. The molecule has 176 valence electrons. The lowest BCUT2D eigenvalue weighted by atomic mass is 9.79. The Morgan fingerprint density at radius 2 is 2.09 bits per heavy atom. The highest BCUT2D eigenvalue weighted by Crippen LogP contribution is 2.51. The van der Waals surface area contributed by atoms with Crippen LogP contribution in [0.3, 0.4) is 0 Å². The Hall–Kier alpha value is -2.36. The van der Waals surface area contributed by atoms with Gasteiger partial charge in [0.05, 0.1) is 30.7 Å². The number of carbonyl (C=O) groups is 2. The van der Waals surface area contributed by atoms with Crippen LogP contribution in [0.15, 0.2) is 45.9 Å². The monoisotopic (exact) mass is 470 g/mol. The van der Waals surface area contributed by atoms with E-state index < -0.39 is 18.0 Å². The molecule has 9 heteroatoms. The number of thioether (sulfide) groups is 1. The van der Waals surface area contributed by atoms with Gasteiger partial charge < -0.3 is 25.3 Å². The summed E-state index contributed by atoms with van der Waals surface area (Å²) in [6.45, 7) is 6.87. The molecule has 1 amide bonds. The number of amidine groups is 1. The molecule has 0 aromatic heterocycles. The van der Waals surface area contributed by atoms with Gasteiger partial charge in [-0.15, -0.1) is 11.8 Å². The second-order valence-corrected chi connectivity index (χ2v) is 10.7. The maximum Gasteiger partial charge on any atom is 0.353 e. The first-order valence-electron chi connectivity index (χ1n) is 11.6. The highest BCUT2D eigenvalue weighted by atomic mass is 32.2. The summed E-state index contributed by atoms with van der Waals surface area (Å²) in [5, 5.41) is 23.7. The Morgan fingerprint density at radius 3 is 2.79 bits per heavy atom. The molecule has 6 atom stereocenters. The van der Waals surface area contributed by atoms with Gasteiger partial charge in [-0.1, -0.05) is 37.3 Å². The molecule has 2 fully saturated rings. The zero-order chi connectivity index (χ0) is 23.3. The zero-order valence-electron chi connectivity index (χ0n) is 18.8. The second kappa shape index (κ2) is 8.77. The minimum Gasteiger partial charge on any atom is -0.477 e. The third-order valence-electron chi connectivity index (χ3n) is 7.19. The van der Waals surface area contributed by atoms with Crippen LogP contribution in [0.5, 0.6) is 0 Å². The van der Waals surface area contributed by atoms with Crippen LogP contribution in [0.25, 0.3) is 0 Å². The molecule has 4 aliphatic rings. The van der Waals surface area contributed by atoms with Crippen molar-refractivity contribution in [2.24, 2.45) is 16.8 Å². The molecule has 1 aromatic rings. The number of carboxylic acid groups (broad SMARTS) is 1. The average Bonchev–Trinajstić information content (AvgIpc) is 3.47. The van der Waals surface area contributed by atoms with Crippen molar-refractivity contribution in [1.29, 1.82) is 0 Å². The number of carboxylic acids is 1. The number of nitrogens with zero attached hydrogens (tertiary/aromatic N) is 3. The van der Waals surface area contributed by atoms with Gasteiger partial charge in [-0.2, -0.15) is 0 Å². The van der Waals surface area contributed by atoms with Crippen LogP contribution in [-0.2, 0) is 16.1 Å². The van der Waals surface area contributed by atoms with E-state index in [1.54, 1.807) is 18.7 Å². The molecule has 3 N–H and O–H groups in total. The predicted molar refractivity (Wildman–Crippen MR) is 127 cm³/mol. The molecule has 0 bridgehead atoms. The summed E-state index contributed by atoms with van der Waals surface area (Å²) in [6.07, 6.45) is 0.0743. The molecule has 0 unspecified atom stereocenters. The van der Waals surface area contributed by atoms with Crippen LogP contribution in [0, 0.1) is 11.8 Å². The zero-order valence-corrected chi connectivity index (χ0v) is 19.7. The summed E-state index contributed by atoms with van der Waals surface area (Å²) in [4.78, 5) is 33.9. The summed E-state index contributed by atoms with van der Waals surface area (Å²) >= 11 is 1.58. The lowest BCUT2D eigenvalue weighted by Crippen LogP contribution is -2.63. The number of carbonyl (C=O) groups excluding carboxylic acids is 1. The van der Waals surface area contributed by atoms with E-state index in [0.29, 0.717) is 0 Å². The van der Waals surface area contributed by atoms with E-state index in [0.717, 1.165) is 43.3 Å². The van der Waals surface area contributed by atoms with Gasteiger partial charge in [0.25, 0.3) is 0 Å². The molecule has 5 rings (SSSR count). The average molecular weight is 471 g/mol. The van der Waals surface area contributed by atoms with Gasteiger partial charge in [0.1, 0.15) is 11.5 Å². The number of aliphatic carboxylic acids is 1. The van der Waals surface area contributed by atoms with Crippen LogP contribution in [-0.4, -0.2) is 80.8 Å². The number of amides is 1. The molecule has 4 aliphatic heterocycles. The molecule has 1 aromatic carbocycles. The summed E-state index contributed by atoms with van der Waals surface area (Å²) in [5.41, 5.74) is 1.36. The van der Waals surface area contributed by atoms with E-state index in [4.69, 9.17) is 4.99 Å². The van der Waals surface area contributed by atoms with Gasteiger partial charge in [0, 0.05) is 35.7 Å². The number of aliphatic hydroxyl groups excluding tert-OH is 1. The van der Waals surface area contributed by atoms with Crippen LogP contribution >= 0.6 is 11.8 Å². The minimum absolute atomic E-state index is 0.101. The standard InChI is InChI=1S/C24H30N4O4S/c1-13-19-18(14(2)29)23(30)28(19)20(24(31)32)21(13)33-16-10-17(26-11-16)22-25-8-9-27(22)12-15-6-4-3-5-7-15/h3-7,13-14,16-19,26,29H,8-12H2,1-2H3,(H,31,32)/t13-,14-,16+,17+,18+,19-/m1/s1. The van der Waals surface area contributed by atoms with Crippen molar-refractivity contribution in [2.75, 3.05) is 19.6 Å². The number of β-lactam (4-membered cyclic amide) rings is 1. The number of fused-ring (bicyclic) bond motifs is 1. The number of rotatable bonds is 7. The van der Waals surface area contributed by atoms with Crippen LogP contribution in [0.1, 0.15) is 25.8 Å². The Balaban J connectivity index is 1.28. The van der Waals surface area contributed by atoms with Crippen molar-refractivity contribution >= 4 is 29.5 Å². The van der Waals surface area contributed by atoms with Crippen molar-refractivity contribution < 1.29 is 19.8 Å². The first-order valence-corrected chi connectivity index (χ1v) is 12.5. The van der Waals surface area contributed by atoms with Crippen molar-refractivity contribution in [3.8, 4) is 0 Å². The van der Waals surface area contributed by atoms with Gasteiger partial charge in [0.15, 0.2) is 0 Å². The minimum atomic E-state index is -1.07. The highest BCUT2D eigenvalue weighted by Gasteiger charge is 2.60. The van der Waals surface area contributed by atoms with E-state index in [1.165, 1.54) is 10.5 Å². The molecule has 0 spiro atoms. The Kier molecular flexibility index (Phi) is 5.96. The van der Waals surface area contributed by atoms with Gasteiger partial charge in [-0.05, 0) is 18.9 Å². The maximum absolute atomic E-state index is 12.6. The number of aliphatic hydroxyl groups is 1. The maximum atomic E-state index is 12.6. The third kappa shape index (κ3) is 3.86. The molecule has 33 heavy (non-hydrogen) atoms. The second-order valence-electron chi connectivity index (χ2n) is 9.36. The van der Waals surface area contributed by atoms with E-state index in [1.807, 2.05) is 13.0 Å². The van der Waals surface area contributed by atoms with Gasteiger partial charge in [-0.3, -0.25) is 9.79 Å². The van der Waals surface area contributed by atoms with Gasteiger partial charge in [-0.25, -0.2) is 4.79 Å². The smallest absolute Gasteiger partial charge is 0.353 e. The number of aliphatic imine (C=N–C) groups is 1. The normalized spacial score (nSPS) is 32.2. The van der Waals surface area contributed by atoms with Gasteiger partial charge >= 0.3 is 5.97 Å². The summed E-state index contributed by atoms with van der Waals surface area (Å²) in [6, 6.07) is 10.3. The lowest BCUT2D eigenvalue weighted by molar-refractivity contribution is -0.163. The third-order valence-corrected chi connectivity index (χ3v) is 8.70. The summed E-state index contributed by atoms with van der Waals surface area (Å²) in [5.74, 6) is -0.894. The molecule has 8 nitrogen and oxygen atoms in total. The number of nitrogens with one attached hydrogen (secondary N) is 1. The SMILES string of the molecule is C[C@@H](O)[C@@H]1C(=O)N2C(C(=O)O)=C(S[C@@H]3CN[C@H](C4=NCCN4Cc4ccccc4)C3)[C@H](C)[C@H]12. The van der Waals surface area contributed by atoms with Crippen molar-refractivity contribution in [2.45, 2.75) is 50.3 Å². The first-order chi connectivity index (χ1) is 15.9. The fraction of sp³-hybridized carbons (Fsp3) is 0.542. The van der Waals surface area contributed by atoms with Crippen molar-refractivity contribution in [3.63, 3.8) is 0 Å². The Bertz CT molecular complexity index is 1010. The van der Waals surface area contributed by atoms with Gasteiger partial charge in [0.2, 0.25) is 5.91 Å². The lowest BCUT2D eigenvalue weighted by Gasteiger charge is -2.46.